The fourth-order valence-corrected chi connectivity index (χ4v) is 2.39. The lowest BCUT2D eigenvalue weighted by molar-refractivity contribution is 0.506. The summed E-state index contributed by atoms with van der Waals surface area (Å²) in [4.78, 5) is 7.39. The largest absolute Gasteiger partial charge is 0.329 e. The number of benzene rings is 1. The molecule has 0 aliphatic heterocycles. The van der Waals surface area contributed by atoms with Gasteiger partial charge in [-0.25, -0.2) is 13.8 Å². The predicted octanol–water partition coefficient (Wildman–Crippen LogP) is 3.73. The lowest BCUT2D eigenvalue weighted by Crippen LogP contribution is -2.02. The van der Waals surface area contributed by atoms with E-state index in [1.54, 1.807) is 10.8 Å². The highest BCUT2D eigenvalue weighted by molar-refractivity contribution is 7.71. The van der Waals surface area contributed by atoms with Crippen LogP contribution in [0.3, 0.4) is 0 Å². The Hall–Kier alpha value is -2.08. The second-order valence-corrected chi connectivity index (χ2v) is 4.98. The van der Waals surface area contributed by atoms with Crippen molar-refractivity contribution in [2.75, 3.05) is 0 Å². The molecule has 3 aromatic rings. The molecule has 1 N–H and O–H groups in total. The fraction of sp³-hybridized carbons (Fsp3) is 0.143. The van der Waals surface area contributed by atoms with E-state index in [2.05, 4.69) is 9.97 Å². The van der Waals surface area contributed by atoms with Gasteiger partial charge in [-0.1, -0.05) is 6.07 Å². The quantitative estimate of drug-likeness (QED) is 0.730. The van der Waals surface area contributed by atoms with Gasteiger partial charge in [-0.3, -0.25) is 4.57 Å². The minimum Gasteiger partial charge on any atom is -0.329 e. The minimum absolute atomic E-state index is 0.340. The molecule has 6 heteroatoms. The summed E-state index contributed by atoms with van der Waals surface area (Å²) < 4.78 is 28.5. The second kappa shape index (κ2) is 4.79. The van der Waals surface area contributed by atoms with Crippen LogP contribution in [0.2, 0.25) is 0 Å². The van der Waals surface area contributed by atoms with Crippen molar-refractivity contribution in [3.8, 4) is 0 Å². The first-order valence-electron chi connectivity index (χ1n) is 6.04. The fourth-order valence-electron chi connectivity index (χ4n) is 2.14. The molecule has 0 aliphatic rings. The zero-order valence-electron chi connectivity index (χ0n) is 10.7. The Balaban J connectivity index is 2.11. The average Bonchev–Trinajstić information content (AvgIpc) is 2.73. The van der Waals surface area contributed by atoms with Crippen molar-refractivity contribution in [2.45, 2.75) is 13.5 Å². The molecule has 0 unspecified atom stereocenters. The van der Waals surface area contributed by atoms with E-state index in [4.69, 9.17) is 12.2 Å². The van der Waals surface area contributed by atoms with Crippen molar-refractivity contribution in [2.24, 2.45) is 0 Å². The second-order valence-electron chi connectivity index (χ2n) is 4.59. The zero-order chi connectivity index (χ0) is 14.3. The first-order valence-corrected chi connectivity index (χ1v) is 6.45. The molecule has 1 aromatic carbocycles. The Kier molecular flexibility index (Phi) is 3.10. The van der Waals surface area contributed by atoms with Gasteiger partial charge < -0.3 is 4.98 Å². The van der Waals surface area contributed by atoms with E-state index in [-0.39, 0.29) is 0 Å². The molecule has 0 radical (unpaired) electrons. The zero-order valence-corrected chi connectivity index (χ0v) is 11.5. The summed E-state index contributed by atoms with van der Waals surface area (Å²) in [6.45, 7) is 2.30. The molecule has 2 aromatic heterocycles. The molecule has 0 amide bonds. The number of hydrogen-bond donors (Lipinski definition) is 1. The van der Waals surface area contributed by atoms with E-state index >= 15 is 0 Å². The van der Waals surface area contributed by atoms with Crippen molar-refractivity contribution in [3.63, 3.8) is 0 Å². The van der Waals surface area contributed by atoms with Crippen molar-refractivity contribution in [1.82, 2.24) is 14.5 Å². The smallest absolute Gasteiger partial charge is 0.179 e. The number of rotatable bonds is 2. The monoisotopic (exact) mass is 291 g/mol. The maximum atomic E-state index is 13.3. The van der Waals surface area contributed by atoms with Gasteiger partial charge in [0, 0.05) is 6.20 Å². The highest BCUT2D eigenvalue weighted by atomic mass is 32.1. The average molecular weight is 291 g/mol. The number of fused-ring (bicyclic) bond motifs is 1. The number of aromatic amines is 1. The first kappa shape index (κ1) is 12.9. The summed E-state index contributed by atoms with van der Waals surface area (Å²) in [5, 5.41) is 0. The third-order valence-corrected chi connectivity index (χ3v) is 3.52. The molecule has 102 valence electrons. The summed E-state index contributed by atoms with van der Waals surface area (Å²) >= 11 is 5.27. The molecular formula is C14H11F2N3S. The Morgan fingerprint density at radius 2 is 2.05 bits per heavy atom. The number of nitrogens with zero attached hydrogens (tertiary/aromatic N) is 2. The van der Waals surface area contributed by atoms with Crippen LogP contribution < -0.4 is 0 Å². The van der Waals surface area contributed by atoms with Crippen molar-refractivity contribution in [1.29, 1.82) is 0 Å². The van der Waals surface area contributed by atoms with Gasteiger partial charge in [-0.2, -0.15) is 0 Å². The van der Waals surface area contributed by atoms with Gasteiger partial charge in [0.05, 0.1) is 12.1 Å². The highest BCUT2D eigenvalue weighted by Crippen LogP contribution is 2.17. The van der Waals surface area contributed by atoms with Gasteiger partial charge in [-0.15, -0.1) is 0 Å². The van der Waals surface area contributed by atoms with Crippen molar-refractivity contribution >= 4 is 23.4 Å². The number of aromatic nitrogens is 3. The van der Waals surface area contributed by atoms with Crippen LogP contribution in [0.25, 0.3) is 11.2 Å². The van der Waals surface area contributed by atoms with Crippen LogP contribution in [0, 0.1) is 23.3 Å². The molecule has 0 bridgehead atoms. The van der Waals surface area contributed by atoms with Crippen LogP contribution in [-0.4, -0.2) is 14.5 Å². The maximum Gasteiger partial charge on any atom is 0.179 e. The van der Waals surface area contributed by atoms with E-state index in [1.807, 2.05) is 13.0 Å². The molecule has 0 saturated heterocycles. The Morgan fingerprint density at radius 1 is 1.25 bits per heavy atom. The van der Waals surface area contributed by atoms with Gasteiger partial charge >= 0.3 is 0 Å². The molecule has 0 saturated carbocycles. The molecule has 0 spiro atoms. The maximum absolute atomic E-state index is 13.3. The third kappa shape index (κ3) is 2.12. The number of H-pyrrole nitrogens is 1. The molecule has 3 nitrogen and oxygen atoms in total. The molecule has 2 heterocycles. The molecule has 0 atom stereocenters. The van der Waals surface area contributed by atoms with E-state index < -0.39 is 11.6 Å². The van der Waals surface area contributed by atoms with Gasteiger partial charge in [0.15, 0.2) is 22.1 Å². The number of nitrogens with one attached hydrogen (secondary N) is 1. The molecular weight excluding hydrogens is 280 g/mol. The van der Waals surface area contributed by atoms with E-state index in [0.717, 1.165) is 17.1 Å². The van der Waals surface area contributed by atoms with Gasteiger partial charge in [-0.05, 0) is 48.5 Å². The Bertz CT molecular complexity index is 851. The van der Waals surface area contributed by atoms with Gasteiger partial charge in [0.2, 0.25) is 0 Å². The number of hydrogen-bond acceptors (Lipinski definition) is 2. The normalized spacial score (nSPS) is 11.2. The summed E-state index contributed by atoms with van der Waals surface area (Å²) in [6.07, 6.45) is 1.70. The molecule has 0 aliphatic carbocycles. The van der Waals surface area contributed by atoms with Gasteiger partial charge in [0.1, 0.15) is 0 Å². The number of imidazole rings is 1. The van der Waals surface area contributed by atoms with Gasteiger partial charge in [0.25, 0.3) is 0 Å². The van der Waals surface area contributed by atoms with Crippen LogP contribution in [0.4, 0.5) is 8.78 Å². The SMILES string of the molecule is Cc1ccnc2c1[nH]c(=S)n2Cc1ccc(F)c(F)c1. The highest BCUT2D eigenvalue weighted by Gasteiger charge is 2.09. The predicted molar refractivity (Wildman–Crippen MR) is 75.1 cm³/mol. The summed E-state index contributed by atoms with van der Waals surface area (Å²) in [5.41, 5.74) is 3.23. The first-order chi connectivity index (χ1) is 9.56. The third-order valence-electron chi connectivity index (χ3n) is 3.20. The summed E-state index contributed by atoms with van der Waals surface area (Å²) in [6, 6.07) is 5.71. The minimum atomic E-state index is -0.863. The van der Waals surface area contributed by atoms with Crippen LogP contribution in [-0.2, 0) is 6.54 Å². The lowest BCUT2D eigenvalue weighted by Gasteiger charge is -2.05. The van der Waals surface area contributed by atoms with Crippen molar-refractivity contribution in [3.05, 3.63) is 58.0 Å². The summed E-state index contributed by atoms with van der Waals surface area (Å²) in [7, 11) is 0. The van der Waals surface area contributed by atoms with E-state index in [0.29, 0.717) is 22.5 Å². The van der Waals surface area contributed by atoms with Crippen LogP contribution in [0.1, 0.15) is 11.1 Å². The molecule has 20 heavy (non-hydrogen) atoms. The molecule has 3 rings (SSSR count). The number of pyridine rings is 1. The van der Waals surface area contributed by atoms with Crippen LogP contribution in [0.15, 0.2) is 30.5 Å². The van der Waals surface area contributed by atoms with Crippen LogP contribution >= 0.6 is 12.2 Å². The number of aryl methyl sites for hydroxylation is 1. The number of halogens is 2. The van der Waals surface area contributed by atoms with Crippen LogP contribution in [0.5, 0.6) is 0 Å². The lowest BCUT2D eigenvalue weighted by atomic mass is 10.2. The van der Waals surface area contributed by atoms with E-state index in [1.165, 1.54) is 12.1 Å². The molecule has 0 fully saturated rings. The van der Waals surface area contributed by atoms with E-state index in [9.17, 15) is 8.78 Å². The van der Waals surface area contributed by atoms with Crippen molar-refractivity contribution < 1.29 is 8.78 Å². The summed E-state index contributed by atoms with van der Waals surface area (Å²) in [5.74, 6) is -1.72. The Labute approximate surface area is 118 Å². The Morgan fingerprint density at radius 3 is 2.80 bits per heavy atom. The standard InChI is InChI=1S/C14H11F2N3S/c1-8-4-5-17-13-12(8)18-14(20)19(13)7-9-2-3-10(15)11(16)6-9/h2-6H,7H2,1H3,(H,18,20). The topological polar surface area (TPSA) is 33.6 Å².